The number of rotatable bonds is 4. The number of morpholine rings is 2. The van der Waals surface area contributed by atoms with E-state index in [0.29, 0.717) is 0 Å². The Morgan fingerprint density at radius 2 is 1.38 bits per heavy atom. The molecule has 0 radical (unpaired) electrons. The lowest BCUT2D eigenvalue weighted by Crippen LogP contribution is -2.56. The molecule has 0 aromatic carbocycles. The molecule has 0 saturated carbocycles. The van der Waals surface area contributed by atoms with E-state index in [1.807, 2.05) is 6.92 Å². The summed E-state index contributed by atoms with van der Waals surface area (Å²) >= 11 is 0. The van der Waals surface area contributed by atoms with Crippen LogP contribution in [0, 0.1) is 0 Å². The lowest BCUT2D eigenvalue weighted by molar-refractivity contribution is -0.186. The van der Waals surface area contributed by atoms with Crippen LogP contribution in [0.25, 0.3) is 0 Å². The summed E-state index contributed by atoms with van der Waals surface area (Å²) in [4.78, 5) is 4.72. The second-order valence-corrected chi connectivity index (χ2v) is 4.08. The van der Waals surface area contributed by atoms with Gasteiger partial charge in [-0.25, -0.2) is 0 Å². The molecule has 0 aliphatic carbocycles. The summed E-state index contributed by atoms with van der Waals surface area (Å²) in [5, 5.41) is 0. The van der Waals surface area contributed by atoms with Gasteiger partial charge in [-0.05, 0) is 6.92 Å². The molecule has 2 heterocycles. The Labute approximate surface area is 97.2 Å². The fourth-order valence-corrected chi connectivity index (χ4v) is 2.19. The van der Waals surface area contributed by atoms with Crippen LogP contribution >= 0.6 is 0 Å². The molecule has 2 fully saturated rings. The van der Waals surface area contributed by atoms with Crippen LogP contribution in [0.1, 0.15) is 6.92 Å². The Kier molecular flexibility index (Phi) is 4.99. The second-order valence-electron chi connectivity index (χ2n) is 4.08. The zero-order chi connectivity index (χ0) is 11.2. The van der Waals surface area contributed by atoms with Crippen molar-refractivity contribution in [2.24, 2.45) is 0 Å². The Balaban J connectivity index is 1.91. The Bertz CT molecular complexity index is 174. The smallest absolute Gasteiger partial charge is 0.168 e. The third-order valence-electron chi connectivity index (χ3n) is 3.03. The number of nitrogens with zero attached hydrogens (tertiary/aromatic N) is 2. The molecule has 0 spiro atoms. The molecule has 0 unspecified atom stereocenters. The fourth-order valence-electron chi connectivity index (χ4n) is 2.19. The second kappa shape index (κ2) is 6.51. The molecule has 0 aromatic heterocycles. The van der Waals surface area contributed by atoms with Crippen molar-refractivity contribution in [3.8, 4) is 0 Å². The molecule has 5 heteroatoms. The van der Waals surface area contributed by atoms with E-state index < -0.39 is 0 Å². The van der Waals surface area contributed by atoms with Gasteiger partial charge in [-0.3, -0.25) is 9.80 Å². The van der Waals surface area contributed by atoms with Crippen LogP contribution in [0.4, 0.5) is 0 Å². The van der Waals surface area contributed by atoms with Crippen molar-refractivity contribution < 1.29 is 14.2 Å². The van der Waals surface area contributed by atoms with Gasteiger partial charge in [0.2, 0.25) is 0 Å². The van der Waals surface area contributed by atoms with Gasteiger partial charge < -0.3 is 14.2 Å². The van der Waals surface area contributed by atoms with Crippen molar-refractivity contribution in [1.82, 2.24) is 9.80 Å². The minimum absolute atomic E-state index is 0.109. The van der Waals surface area contributed by atoms with Crippen LogP contribution in [0.5, 0.6) is 0 Å². The van der Waals surface area contributed by atoms with Gasteiger partial charge in [0.1, 0.15) is 0 Å². The first-order valence-electron chi connectivity index (χ1n) is 6.17. The van der Waals surface area contributed by atoms with Crippen LogP contribution in [-0.2, 0) is 14.2 Å². The molecule has 94 valence electrons. The first-order chi connectivity index (χ1) is 7.92. The van der Waals surface area contributed by atoms with Crippen molar-refractivity contribution in [2.75, 3.05) is 59.2 Å². The molecular formula is C11H22N2O3. The van der Waals surface area contributed by atoms with Gasteiger partial charge in [0.05, 0.1) is 26.4 Å². The average Bonchev–Trinajstić information content (AvgIpc) is 2.38. The SMILES string of the molecule is CCOC(N1CCOCC1)N1CCOCC1. The molecule has 2 rings (SSSR count). The zero-order valence-corrected chi connectivity index (χ0v) is 10.1. The monoisotopic (exact) mass is 230 g/mol. The largest absolute Gasteiger partial charge is 0.379 e. The number of hydrogen-bond donors (Lipinski definition) is 0. The highest BCUT2D eigenvalue weighted by atomic mass is 16.5. The molecule has 0 amide bonds. The van der Waals surface area contributed by atoms with Crippen molar-refractivity contribution >= 4 is 0 Å². The van der Waals surface area contributed by atoms with E-state index in [0.717, 1.165) is 59.2 Å². The third-order valence-corrected chi connectivity index (χ3v) is 3.03. The maximum Gasteiger partial charge on any atom is 0.168 e. The maximum absolute atomic E-state index is 5.86. The minimum Gasteiger partial charge on any atom is -0.379 e. The predicted molar refractivity (Wildman–Crippen MR) is 60.2 cm³/mol. The van der Waals surface area contributed by atoms with E-state index in [-0.39, 0.29) is 6.35 Å². The minimum atomic E-state index is 0.109. The molecule has 0 bridgehead atoms. The lowest BCUT2D eigenvalue weighted by Gasteiger charge is -2.41. The van der Waals surface area contributed by atoms with Crippen molar-refractivity contribution in [1.29, 1.82) is 0 Å². The summed E-state index contributed by atoms with van der Waals surface area (Å²) in [6.45, 7) is 9.89. The topological polar surface area (TPSA) is 34.2 Å². The summed E-state index contributed by atoms with van der Waals surface area (Å²) in [6, 6.07) is 0. The summed E-state index contributed by atoms with van der Waals surface area (Å²) in [5.41, 5.74) is 0. The predicted octanol–water partition coefficient (Wildman–Crippen LogP) is -0.0291. The molecule has 5 nitrogen and oxygen atoms in total. The molecule has 16 heavy (non-hydrogen) atoms. The van der Waals surface area contributed by atoms with Gasteiger partial charge in [-0.2, -0.15) is 0 Å². The van der Waals surface area contributed by atoms with Gasteiger partial charge >= 0.3 is 0 Å². The molecule has 0 atom stereocenters. The van der Waals surface area contributed by atoms with Gasteiger partial charge in [-0.1, -0.05) is 0 Å². The van der Waals surface area contributed by atoms with E-state index in [1.165, 1.54) is 0 Å². The van der Waals surface area contributed by atoms with E-state index >= 15 is 0 Å². The average molecular weight is 230 g/mol. The van der Waals surface area contributed by atoms with E-state index in [4.69, 9.17) is 14.2 Å². The highest BCUT2D eigenvalue weighted by Crippen LogP contribution is 2.12. The van der Waals surface area contributed by atoms with E-state index in [1.54, 1.807) is 0 Å². The van der Waals surface area contributed by atoms with E-state index in [2.05, 4.69) is 9.80 Å². The van der Waals surface area contributed by atoms with Crippen LogP contribution < -0.4 is 0 Å². The first-order valence-corrected chi connectivity index (χ1v) is 6.17. The van der Waals surface area contributed by atoms with Gasteiger partial charge in [0.25, 0.3) is 0 Å². The fraction of sp³-hybridized carbons (Fsp3) is 1.00. The summed E-state index contributed by atoms with van der Waals surface area (Å²) < 4.78 is 16.6. The first kappa shape index (κ1) is 12.3. The van der Waals surface area contributed by atoms with Crippen molar-refractivity contribution in [2.45, 2.75) is 13.3 Å². The van der Waals surface area contributed by atoms with Crippen LogP contribution in [-0.4, -0.2) is 75.4 Å². The lowest BCUT2D eigenvalue weighted by atomic mass is 10.4. The standard InChI is InChI=1S/C11H22N2O3/c1-2-16-11(12-3-7-14-8-4-12)13-5-9-15-10-6-13/h11H,2-10H2,1H3. The van der Waals surface area contributed by atoms with Crippen LogP contribution in [0.2, 0.25) is 0 Å². The third kappa shape index (κ3) is 3.15. The summed E-state index contributed by atoms with van der Waals surface area (Å²) in [6.07, 6.45) is 0.109. The molecule has 2 aliphatic rings. The molecule has 2 saturated heterocycles. The van der Waals surface area contributed by atoms with E-state index in [9.17, 15) is 0 Å². The molecule has 2 aliphatic heterocycles. The van der Waals surface area contributed by atoms with Crippen molar-refractivity contribution in [3.63, 3.8) is 0 Å². The Hall–Kier alpha value is -0.200. The number of ether oxygens (including phenoxy) is 3. The van der Waals surface area contributed by atoms with Crippen LogP contribution in [0.3, 0.4) is 0 Å². The normalized spacial score (nSPS) is 25.1. The summed E-state index contributed by atoms with van der Waals surface area (Å²) in [5.74, 6) is 0. The molecule has 0 N–H and O–H groups in total. The zero-order valence-electron chi connectivity index (χ0n) is 10.1. The van der Waals surface area contributed by atoms with Crippen LogP contribution in [0.15, 0.2) is 0 Å². The molecular weight excluding hydrogens is 208 g/mol. The number of hydrogen-bond acceptors (Lipinski definition) is 5. The van der Waals surface area contributed by atoms with Gasteiger partial charge in [-0.15, -0.1) is 0 Å². The Morgan fingerprint density at radius 1 is 0.938 bits per heavy atom. The van der Waals surface area contributed by atoms with Gasteiger partial charge in [0.15, 0.2) is 6.35 Å². The molecule has 0 aromatic rings. The van der Waals surface area contributed by atoms with Gasteiger partial charge in [0, 0.05) is 32.8 Å². The highest BCUT2D eigenvalue weighted by Gasteiger charge is 2.28. The summed E-state index contributed by atoms with van der Waals surface area (Å²) in [7, 11) is 0. The van der Waals surface area contributed by atoms with Crippen molar-refractivity contribution in [3.05, 3.63) is 0 Å². The maximum atomic E-state index is 5.86. The quantitative estimate of drug-likeness (QED) is 0.677. The highest BCUT2D eigenvalue weighted by molar-refractivity contribution is 4.71. The Morgan fingerprint density at radius 3 is 1.75 bits per heavy atom.